The molecule has 0 aliphatic heterocycles. The van der Waals surface area contributed by atoms with Gasteiger partial charge in [-0.05, 0) is 43.3 Å². The molecule has 0 atom stereocenters. The van der Waals surface area contributed by atoms with Crippen molar-refractivity contribution in [3.05, 3.63) is 63.6 Å². The van der Waals surface area contributed by atoms with Gasteiger partial charge < -0.3 is 14.2 Å². The van der Waals surface area contributed by atoms with Crippen molar-refractivity contribution in [1.82, 2.24) is 0 Å². The Morgan fingerprint density at radius 2 is 1.58 bits per heavy atom. The van der Waals surface area contributed by atoms with Crippen LogP contribution < -0.4 is 4.74 Å². The van der Waals surface area contributed by atoms with Crippen molar-refractivity contribution in [2.24, 2.45) is 0 Å². The Hall–Kier alpha value is -2.34. The van der Waals surface area contributed by atoms with Crippen LogP contribution in [0.3, 0.4) is 0 Å². The van der Waals surface area contributed by atoms with Gasteiger partial charge >= 0.3 is 11.9 Å². The smallest absolute Gasteiger partial charge is 0.338 e. The maximum atomic E-state index is 12.0. The highest BCUT2D eigenvalue weighted by Crippen LogP contribution is 2.21. The Morgan fingerprint density at radius 1 is 0.958 bits per heavy atom. The predicted molar refractivity (Wildman–Crippen MR) is 92.2 cm³/mol. The molecular weight excluding hydrogens is 376 g/mol. The second-order valence-corrected chi connectivity index (χ2v) is 5.69. The molecule has 6 heteroatoms. The van der Waals surface area contributed by atoms with Gasteiger partial charge in [-0.15, -0.1) is 0 Å². The van der Waals surface area contributed by atoms with Crippen LogP contribution in [0.2, 0.25) is 0 Å². The number of hydrogen-bond donors (Lipinski definition) is 0. The van der Waals surface area contributed by atoms with E-state index >= 15 is 0 Å². The van der Waals surface area contributed by atoms with Crippen molar-refractivity contribution >= 4 is 27.9 Å². The van der Waals surface area contributed by atoms with Gasteiger partial charge in [0.2, 0.25) is 0 Å². The third-order valence-electron chi connectivity index (χ3n) is 3.25. The SMILES string of the molecule is CCOC(=O)c1ccc(COC(=O)c2ccc(OC)cc2)c(Br)c1. The lowest BCUT2D eigenvalue weighted by molar-refractivity contribution is 0.0468. The molecule has 2 rings (SSSR count). The quantitative estimate of drug-likeness (QED) is 0.695. The molecule has 0 fully saturated rings. The first-order chi connectivity index (χ1) is 11.5. The average Bonchev–Trinajstić information content (AvgIpc) is 2.60. The minimum absolute atomic E-state index is 0.0918. The van der Waals surface area contributed by atoms with Crippen molar-refractivity contribution in [3.8, 4) is 5.75 Å². The Kier molecular flexibility index (Phi) is 6.37. The molecule has 0 aliphatic rings. The van der Waals surface area contributed by atoms with Crippen molar-refractivity contribution in [2.75, 3.05) is 13.7 Å². The molecule has 0 spiro atoms. The van der Waals surface area contributed by atoms with Gasteiger partial charge in [0.05, 0.1) is 24.8 Å². The molecule has 24 heavy (non-hydrogen) atoms. The molecular formula is C18H17BrO5. The number of halogens is 1. The predicted octanol–water partition coefficient (Wildman–Crippen LogP) is 3.99. The minimum Gasteiger partial charge on any atom is -0.497 e. The van der Waals surface area contributed by atoms with Crippen LogP contribution >= 0.6 is 15.9 Å². The number of benzene rings is 2. The van der Waals surface area contributed by atoms with Gasteiger partial charge in [-0.3, -0.25) is 0 Å². The summed E-state index contributed by atoms with van der Waals surface area (Å²) in [5.41, 5.74) is 1.63. The lowest BCUT2D eigenvalue weighted by Gasteiger charge is -2.09. The Labute approximate surface area is 148 Å². The van der Waals surface area contributed by atoms with Crippen LogP contribution in [0.5, 0.6) is 5.75 Å². The van der Waals surface area contributed by atoms with E-state index < -0.39 is 5.97 Å². The minimum atomic E-state index is -0.431. The lowest BCUT2D eigenvalue weighted by atomic mass is 10.1. The summed E-state index contributed by atoms with van der Waals surface area (Å²) >= 11 is 3.38. The fraction of sp³-hybridized carbons (Fsp3) is 0.222. The molecule has 0 radical (unpaired) electrons. The lowest BCUT2D eigenvalue weighted by Crippen LogP contribution is -2.07. The summed E-state index contributed by atoms with van der Waals surface area (Å²) in [6.07, 6.45) is 0. The first-order valence-electron chi connectivity index (χ1n) is 7.32. The molecule has 0 amide bonds. The zero-order chi connectivity index (χ0) is 17.5. The van der Waals surface area contributed by atoms with Crippen LogP contribution in [-0.4, -0.2) is 25.7 Å². The molecule has 0 bridgehead atoms. The Morgan fingerprint density at radius 3 is 2.17 bits per heavy atom. The monoisotopic (exact) mass is 392 g/mol. The second-order valence-electron chi connectivity index (χ2n) is 4.83. The highest BCUT2D eigenvalue weighted by atomic mass is 79.9. The molecule has 0 N–H and O–H groups in total. The summed E-state index contributed by atoms with van der Waals surface area (Å²) in [5, 5.41) is 0. The highest BCUT2D eigenvalue weighted by molar-refractivity contribution is 9.10. The van der Waals surface area contributed by atoms with Crippen LogP contribution in [0.4, 0.5) is 0 Å². The number of rotatable bonds is 6. The van der Waals surface area contributed by atoms with E-state index in [0.717, 1.165) is 5.56 Å². The fourth-order valence-corrected chi connectivity index (χ4v) is 2.45. The van der Waals surface area contributed by atoms with E-state index in [9.17, 15) is 9.59 Å². The molecule has 0 heterocycles. The molecule has 0 saturated carbocycles. The van der Waals surface area contributed by atoms with Crippen LogP contribution in [0.1, 0.15) is 33.2 Å². The normalized spacial score (nSPS) is 10.1. The maximum Gasteiger partial charge on any atom is 0.338 e. The standard InChI is InChI=1S/C18H17BrO5/c1-3-23-18(21)13-4-5-14(16(19)10-13)11-24-17(20)12-6-8-15(22-2)9-7-12/h4-10H,3,11H2,1-2H3. The second kappa shape index (κ2) is 8.49. The van der Waals surface area contributed by atoms with Crippen molar-refractivity contribution in [2.45, 2.75) is 13.5 Å². The zero-order valence-electron chi connectivity index (χ0n) is 13.4. The largest absolute Gasteiger partial charge is 0.497 e. The van der Waals surface area contributed by atoms with E-state index in [1.54, 1.807) is 56.5 Å². The van der Waals surface area contributed by atoms with Gasteiger partial charge in [-0.1, -0.05) is 22.0 Å². The summed E-state index contributed by atoms with van der Waals surface area (Å²) in [6, 6.07) is 11.7. The molecule has 0 unspecified atom stereocenters. The first kappa shape index (κ1) is 18.0. The Bertz CT molecular complexity index is 725. The molecule has 2 aromatic rings. The summed E-state index contributed by atoms with van der Waals surface area (Å²) < 4.78 is 16.0. The summed E-state index contributed by atoms with van der Waals surface area (Å²) in [5.74, 6) is -0.150. The maximum absolute atomic E-state index is 12.0. The van der Waals surface area contributed by atoms with E-state index in [0.29, 0.717) is 28.0 Å². The highest BCUT2D eigenvalue weighted by Gasteiger charge is 2.12. The molecule has 0 saturated heterocycles. The average molecular weight is 393 g/mol. The van der Waals surface area contributed by atoms with E-state index in [4.69, 9.17) is 14.2 Å². The van der Waals surface area contributed by atoms with E-state index in [1.165, 1.54) is 0 Å². The third kappa shape index (κ3) is 4.58. The van der Waals surface area contributed by atoms with Crippen molar-refractivity contribution < 1.29 is 23.8 Å². The molecule has 5 nitrogen and oxygen atoms in total. The van der Waals surface area contributed by atoms with Gasteiger partial charge in [-0.2, -0.15) is 0 Å². The van der Waals surface area contributed by atoms with E-state index in [-0.39, 0.29) is 12.6 Å². The molecule has 0 aromatic heterocycles. The van der Waals surface area contributed by atoms with Gasteiger partial charge in [0.1, 0.15) is 12.4 Å². The summed E-state index contributed by atoms with van der Waals surface area (Å²) in [7, 11) is 1.56. The third-order valence-corrected chi connectivity index (χ3v) is 3.99. The number of methoxy groups -OCH3 is 1. The van der Waals surface area contributed by atoms with Gasteiger partial charge in [0, 0.05) is 10.0 Å². The fourth-order valence-electron chi connectivity index (χ4n) is 1.96. The number of esters is 2. The summed E-state index contributed by atoms with van der Waals surface area (Å²) in [4.78, 5) is 23.7. The van der Waals surface area contributed by atoms with Crippen molar-refractivity contribution in [3.63, 3.8) is 0 Å². The molecule has 0 aliphatic carbocycles. The first-order valence-corrected chi connectivity index (χ1v) is 8.11. The topological polar surface area (TPSA) is 61.8 Å². The number of carbonyl (C=O) groups is 2. The molecule has 126 valence electrons. The Balaban J connectivity index is 2.00. The van der Waals surface area contributed by atoms with Crippen LogP contribution in [0, 0.1) is 0 Å². The van der Waals surface area contributed by atoms with E-state index in [2.05, 4.69) is 15.9 Å². The number of hydrogen-bond acceptors (Lipinski definition) is 5. The van der Waals surface area contributed by atoms with Gasteiger partial charge in [0.15, 0.2) is 0 Å². The van der Waals surface area contributed by atoms with Gasteiger partial charge in [0.25, 0.3) is 0 Å². The van der Waals surface area contributed by atoms with Crippen LogP contribution in [0.15, 0.2) is 46.9 Å². The number of ether oxygens (including phenoxy) is 3. The van der Waals surface area contributed by atoms with Crippen molar-refractivity contribution in [1.29, 1.82) is 0 Å². The molecule has 2 aromatic carbocycles. The zero-order valence-corrected chi connectivity index (χ0v) is 15.0. The van der Waals surface area contributed by atoms with Gasteiger partial charge in [-0.25, -0.2) is 9.59 Å². The summed E-state index contributed by atoms with van der Waals surface area (Å²) in [6.45, 7) is 2.16. The number of carbonyl (C=O) groups excluding carboxylic acids is 2. The van der Waals surface area contributed by atoms with Crippen LogP contribution in [-0.2, 0) is 16.1 Å². The van der Waals surface area contributed by atoms with Crippen LogP contribution in [0.25, 0.3) is 0 Å². The van der Waals surface area contributed by atoms with E-state index in [1.807, 2.05) is 0 Å².